The number of carboxylic acid groups (broad SMARTS) is 2. The largest absolute Gasteiger partial charge is 2.00 e. The molecule has 0 aliphatic carbocycles. The first-order chi connectivity index (χ1) is 1.73. The van der Waals surface area contributed by atoms with Crippen LogP contribution < -0.4 is 10.2 Å². The molecule has 0 aromatic carbocycles. The van der Waals surface area contributed by atoms with Gasteiger partial charge in [0.2, 0.25) is 0 Å². The minimum atomic E-state index is -2.33. The van der Waals surface area contributed by atoms with E-state index in [1.54, 1.807) is 0 Å². The second-order valence-corrected chi connectivity index (χ2v) is 0.250. The average Bonchev–Trinajstić information content (AvgIpc) is 0.811. The molecule has 0 fully saturated rings. The van der Waals surface area contributed by atoms with Crippen LogP contribution in [0.25, 0.3) is 0 Å². The quantitative estimate of drug-likeness (QED) is 0.362. The third kappa shape index (κ3) is 2680. The van der Waals surface area contributed by atoms with Crippen molar-refractivity contribution in [3.63, 3.8) is 0 Å². The van der Waals surface area contributed by atoms with Crippen molar-refractivity contribution < 1.29 is 64.9 Å². The molecule has 0 unspecified atom stereocenters. The SMILES string of the molecule is O.O.O.O.O.O.O=C([O-])[O-].[Mn+2]. The van der Waals surface area contributed by atoms with Crippen LogP contribution in [-0.4, -0.2) is 39.0 Å². The Kier molecular flexibility index (Phi) is 1440. The van der Waals surface area contributed by atoms with E-state index in [2.05, 4.69) is 0 Å². The number of carbonyl (C=O) groups is 1. The van der Waals surface area contributed by atoms with Crippen LogP contribution in [0.3, 0.4) is 0 Å². The fourth-order valence-electron chi connectivity index (χ4n) is 0. The molecule has 10 heteroatoms. The Morgan fingerprint density at radius 2 is 0.727 bits per heavy atom. The van der Waals surface area contributed by atoms with Crippen LogP contribution in [0.5, 0.6) is 0 Å². The number of carbonyl (C=O) groups excluding carboxylic acids is 1. The first-order valence-electron chi connectivity index (χ1n) is 0.612. The summed E-state index contributed by atoms with van der Waals surface area (Å²) in [7, 11) is 0. The zero-order chi connectivity index (χ0) is 3.58. The molecule has 9 nitrogen and oxygen atoms in total. The fraction of sp³-hybridized carbons (Fsp3) is 0. The summed E-state index contributed by atoms with van der Waals surface area (Å²) in [6, 6.07) is 0. The van der Waals surface area contributed by atoms with Crippen LogP contribution in [0.15, 0.2) is 0 Å². The van der Waals surface area contributed by atoms with Crippen LogP contribution in [-0.2, 0) is 17.1 Å². The van der Waals surface area contributed by atoms with E-state index in [0.717, 1.165) is 0 Å². The van der Waals surface area contributed by atoms with Gasteiger partial charge in [0.05, 0.1) is 0 Å². The molecule has 77 valence electrons. The first-order valence-corrected chi connectivity index (χ1v) is 0.612. The van der Waals surface area contributed by atoms with Crippen LogP contribution in [0.2, 0.25) is 0 Å². The van der Waals surface area contributed by atoms with Crippen molar-refractivity contribution in [3.05, 3.63) is 0 Å². The zero-order valence-corrected chi connectivity index (χ0v) is 6.28. The van der Waals surface area contributed by atoms with Crippen LogP contribution in [0.4, 0.5) is 4.79 Å². The van der Waals surface area contributed by atoms with E-state index in [-0.39, 0.29) is 49.9 Å². The minimum absolute atomic E-state index is 0. The van der Waals surface area contributed by atoms with Crippen molar-refractivity contribution in [3.8, 4) is 0 Å². The maximum Gasteiger partial charge on any atom is 2.00 e. The van der Waals surface area contributed by atoms with Gasteiger partial charge in [-0.25, -0.2) is 0 Å². The van der Waals surface area contributed by atoms with E-state index < -0.39 is 6.16 Å². The third-order valence-electron chi connectivity index (χ3n) is 0. The molecule has 0 saturated carbocycles. The molecule has 0 aromatic rings. The molecule has 11 heavy (non-hydrogen) atoms. The van der Waals surface area contributed by atoms with Gasteiger partial charge < -0.3 is 47.9 Å². The Labute approximate surface area is 72.0 Å². The summed E-state index contributed by atoms with van der Waals surface area (Å²) in [4.78, 5) is 8.33. The smallest absolute Gasteiger partial charge is 0.652 e. The molecule has 0 bridgehead atoms. The van der Waals surface area contributed by atoms with Crippen LogP contribution in [0.1, 0.15) is 0 Å². The Morgan fingerprint density at radius 3 is 0.727 bits per heavy atom. The van der Waals surface area contributed by atoms with Gasteiger partial charge in [0.25, 0.3) is 0 Å². The summed E-state index contributed by atoms with van der Waals surface area (Å²) in [6.45, 7) is 0. The molecule has 0 aliphatic rings. The summed E-state index contributed by atoms with van der Waals surface area (Å²) in [6.07, 6.45) is -2.33. The number of rotatable bonds is 0. The third-order valence-corrected chi connectivity index (χ3v) is 0. The van der Waals surface area contributed by atoms with Crippen LogP contribution in [0, 0.1) is 0 Å². The van der Waals surface area contributed by atoms with Gasteiger partial charge >= 0.3 is 17.1 Å². The van der Waals surface area contributed by atoms with Gasteiger partial charge in [-0.2, -0.15) is 0 Å². The zero-order valence-electron chi connectivity index (χ0n) is 5.10. The fourth-order valence-corrected chi connectivity index (χ4v) is 0. The van der Waals surface area contributed by atoms with E-state index in [4.69, 9.17) is 15.0 Å². The summed E-state index contributed by atoms with van der Waals surface area (Å²) < 4.78 is 0. The maximum atomic E-state index is 8.33. The molecule has 0 saturated heterocycles. The van der Waals surface area contributed by atoms with E-state index >= 15 is 0 Å². The first kappa shape index (κ1) is 148. The summed E-state index contributed by atoms with van der Waals surface area (Å²) in [5.41, 5.74) is 0. The molecule has 0 heterocycles. The molecule has 0 aliphatic heterocycles. The van der Waals surface area contributed by atoms with Crippen LogP contribution >= 0.6 is 0 Å². The monoisotopic (exact) mass is 223 g/mol. The molecule has 0 amide bonds. The average molecular weight is 223 g/mol. The topological polar surface area (TPSA) is 252 Å². The van der Waals surface area contributed by atoms with Gasteiger partial charge in [0.1, 0.15) is 0 Å². The van der Waals surface area contributed by atoms with Gasteiger partial charge in [-0.1, -0.05) is 0 Å². The molecule has 0 rings (SSSR count). The van der Waals surface area contributed by atoms with Crippen molar-refractivity contribution in [2.45, 2.75) is 0 Å². The summed E-state index contributed by atoms with van der Waals surface area (Å²) in [5, 5.41) is 16.7. The molecule has 1 radical (unpaired) electrons. The molecular formula is CH12MnO9. The van der Waals surface area contributed by atoms with E-state index in [0.29, 0.717) is 0 Å². The van der Waals surface area contributed by atoms with Gasteiger partial charge in [0.15, 0.2) is 0 Å². The molecule has 0 aromatic heterocycles. The van der Waals surface area contributed by atoms with E-state index in [9.17, 15) is 0 Å². The standard InChI is InChI=1S/CH2O3.Mn.6H2O/c2-1(3)4;;;;;;;/h(H2,2,3,4);;6*1H2/q;+2;;;;;;/p-2. The Hall–Kier alpha value is -0.451. The second-order valence-electron chi connectivity index (χ2n) is 0.250. The normalized spacial score (nSPS) is 2.18. The maximum absolute atomic E-state index is 8.33. The van der Waals surface area contributed by atoms with Gasteiger partial charge in [-0.3, -0.25) is 0 Å². The summed E-state index contributed by atoms with van der Waals surface area (Å²) in [5.74, 6) is 0. The van der Waals surface area contributed by atoms with E-state index in [1.807, 2.05) is 0 Å². The minimum Gasteiger partial charge on any atom is -0.652 e. The number of hydrogen-bond acceptors (Lipinski definition) is 3. The van der Waals surface area contributed by atoms with Crippen molar-refractivity contribution in [1.82, 2.24) is 0 Å². The Bertz CT molecular complexity index is 32.5. The van der Waals surface area contributed by atoms with Gasteiger partial charge in [-0.15, -0.1) is 0 Å². The van der Waals surface area contributed by atoms with Gasteiger partial charge in [-0.05, 0) is 6.16 Å². The van der Waals surface area contributed by atoms with Crippen molar-refractivity contribution >= 4 is 6.16 Å². The molecule has 0 atom stereocenters. The van der Waals surface area contributed by atoms with E-state index in [1.165, 1.54) is 0 Å². The van der Waals surface area contributed by atoms with Crippen molar-refractivity contribution in [2.75, 3.05) is 0 Å². The Morgan fingerprint density at radius 1 is 0.727 bits per heavy atom. The summed E-state index contributed by atoms with van der Waals surface area (Å²) >= 11 is 0. The van der Waals surface area contributed by atoms with Crippen molar-refractivity contribution in [2.24, 2.45) is 0 Å². The molecule has 12 N–H and O–H groups in total. The molecular weight excluding hydrogens is 211 g/mol. The van der Waals surface area contributed by atoms with Crippen molar-refractivity contribution in [1.29, 1.82) is 0 Å². The Balaban J connectivity index is -0.00000000214. The predicted molar refractivity (Wildman–Crippen MR) is 27.1 cm³/mol. The number of hydrogen-bond donors (Lipinski definition) is 0. The second kappa shape index (κ2) is 107. The van der Waals surface area contributed by atoms with Gasteiger partial charge in [0, 0.05) is 0 Å². The molecule has 0 spiro atoms. The predicted octanol–water partition coefficient (Wildman–Crippen LogP) is -7.40.